The van der Waals surface area contributed by atoms with Gasteiger partial charge in [-0.05, 0) is 12.0 Å². The van der Waals surface area contributed by atoms with E-state index in [0.717, 1.165) is 26.1 Å². The molecule has 1 aromatic rings. The number of likely N-dealkylation sites (tertiary alicyclic amines) is 1. The van der Waals surface area contributed by atoms with Crippen molar-refractivity contribution in [1.82, 2.24) is 4.90 Å². The fourth-order valence-electron chi connectivity index (χ4n) is 2.56. The number of nitrogens with two attached hydrogens (primary N) is 1. The van der Waals surface area contributed by atoms with Crippen molar-refractivity contribution in [3.8, 4) is 0 Å². The maximum Gasteiger partial charge on any atom is 0.0679 e. The van der Waals surface area contributed by atoms with Crippen LogP contribution in [-0.4, -0.2) is 42.3 Å². The predicted octanol–water partition coefficient (Wildman–Crippen LogP) is 0.970. The number of hydrogen-bond acceptors (Lipinski definition) is 3. The van der Waals surface area contributed by atoms with Gasteiger partial charge in [-0.15, -0.1) is 0 Å². The summed E-state index contributed by atoms with van der Waals surface area (Å²) in [7, 11) is 0. The number of hydrogen-bond donors (Lipinski definition) is 2. The zero-order valence-electron chi connectivity index (χ0n) is 10.5. The average molecular weight is 234 g/mol. The molecule has 1 saturated heterocycles. The second kappa shape index (κ2) is 5.17. The molecule has 0 aliphatic carbocycles. The fourth-order valence-corrected chi connectivity index (χ4v) is 2.56. The van der Waals surface area contributed by atoms with E-state index in [1.807, 2.05) is 6.07 Å². The lowest BCUT2D eigenvalue weighted by molar-refractivity contribution is 0.167. The highest BCUT2D eigenvalue weighted by Crippen LogP contribution is 2.25. The van der Waals surface area contributed by atoms with Crippen molar-refractivity contribution in [2.24, 2.45) is 5.73 Å². The van der Waals surface area contributed by atoms with Crippen LogP contribution < -0.4 is 5.73 Å². The van der Waals surface area contributed by atoms with Gasteiger partial charge in [0.25, 0.3) is 0 Å². The summed E-state index contributed by atoms with van der Waals surface area (Å²) in [6.45, 7) is 5.51. The van der Waals surface area contributed by atoms with Crippen LogP contribution in [0.4, 0.5) is 0 Å². The third kappa shape index (κ3) is 2.86. The maximum atomic E-state index is 9.57. The van der Waals surface area contributed by atoms with Gasteiger partial charge in [0, 0.05) is 31.6 Å². The molecule has 17 heavy (non-hydrogen) atoms. The highest BCUT2D eigenvalue weighted by Gasteiger charge is 2.30. The van der Waals surface area contributed by atoms with Crippen molar-refractivity contribution in [2.75, 3.05) is 26.2 Å². The predicted molar refractivity (Wildman–Crippen MR) is 69.9 cm³/mol. The van der Waals surface area contributed by atoms with Gasteiger partial charge in [0.05, 0.1) is 6.10 Å². The monoisotopic (exact) mass is 234 g/mol. The summed E-state index contributed by atoms with van der Waals surface area (Å²) in [5.74, 6) is 0. The molecule has 2 rings (SSSR count). The van der Waals surface area contributed by atoms with E-state index in [4.69, 9.17) is 5.73 Å². The molecule has 0 radical (unpaired) electrons. The van der Waals surface area contributed by atoms with Crippen LogP contribution in [0.25, 0.3) is 0 Å². The van der Waals surface area contributed by atoms with Crippen molar-refractivity contribution in [3.05, 3.63) is 35.9 Å². The van der Waals surface area contributed by atoms with Gasteiger partial charge in [-0.3, -0.25) is 4.90 Å². The summed E-state index contributed by atoms with van der Waals surface area (Å²) in [5, 5.41) is 9.57. The minimum absolute atomic E-state index is 0.0225. The first-order valence-electron chi connectivity index (χ1n) is 6.30. The third-order valence-corrected chi connectivity index (χ3v) is 3.74. The number of benzene rings is 1. The normalized spacial score (nSPS) is 24.8. The second-order valence-corrected chi connectivity index (χ2v) is 5.31. The summed E-state index contributed by atoms with van der Waals surface area (Å²) in [6, 6.07) is 10.4. The van der Waals surface area contributed by atoms with Crippen LogP contribution in [0.15, 0.2) is 30.3 Å². The van der Waals surface area contributed by atoms with Gasteiger partial charge in [-0.1, -0.05) is 37.3 Å². The first kappa shape index (κ1) is 12.6. The van der Waals surface area contributed by atoms with E-state index in [9.17, 15) is 5.11 Å². The van der Waals surface area contributed by atoms with Crippen LogP contribution in [0.3, 0.4) is 0 Å². The maximum absolute atomic E-state index is 9.57. The Labute approximate surface area is 103 Å². The Morgan fingerprint density at radius 1 is 1.41 bits per heavy atom. The standard InChI is InChI=1S/C14H22N2O/c1-14(10-15,12-5-3-2-4-6-12)11-16-8-7-13(17)9-16/h2-6,13,17H,7-11,15H2,1H3. The molecule has 2 unspecified atom stereocenters. The Kier molecular flexibility index (Phi) is 3.82. The van der Waals surface area contributed by atoms with Crippen molar-refractivity contribution in [3.63, 3.8) is 0 Å². The molecule has 0 bridgehead atoms. The molecule has 2 atom stereocenters. The summed E-state index contributed by atoms with van der Waals surface area (Å²) >= 11 is 0. The van der Waals surface area contributed by atoms with E-state index in [0.29, 0.717) is 6.54 Å². The Hall–Kier alpha value is -0.900. The zero-order valence-corrected chi connectivity index (χ0v) is 10.5. The molecule has 1 aliphatic rings. The Morgan fingerprint density at radius 2 is 2.12 bits per heavy atom. The Morgan fingerprint density at radius 3 is 2.65 bits per heavy atom. The average Bonchev–Trinajstić information content (AvgIpc) is 2.75. The first-order chi connectivity index (χ1) is 8.14. The van der Waals surface area contributed by atoms with E-state index < -0.39 is 0 Å². The molecule has 0 aromatic heterocycles. The van der Waals surface area contributed by atoms with Gasteiger partial charge in [0.15, 0.2) is 0 Å². The van der Waals surface area contributed by atoms with Crippen LogP contribution in [-0.2, 0) is 5.41 Å². The number of β-amino-alcohol motifs (C(OH)–C–C–N with tert-alkyl or cyclic N) is 1. The summed E-state index contributed by atoms with van der Waals surface area (Å²) in [4.78, 5) is 2.31. The lowest BCUT2D eigenvalue weighted by atomic mass is 9.82. The van der Waals surface area contributed by atoms with Crippen LogP contribution in [0.1, 0.15) is 18.9 Å². The quantitative estimate of drug-likeness (QED) is 0.816. The molecule has 3 nitrogen and oxygen atoms in total. The first-order valence-corrected chi connectivity index (χ1v) is 6.30. The van der Waals surface area contributed by atoms with Crippen molar-refractivity contribution in [2.45, 2.75) is 24.9 Å². The molecule has 1 aliphatic heterocycles. The third-order valence-electron chi connectivity index (χ3n) is 3.74. The fraction of sp³-hybridized carbons (Fsp3) is 0.571. The molecule has 1 heterocycles. The minimum atomic E-state index is -0.159. The van der Waals surface area contributed by atoms with Crippen molar-refractivity contribution >= 4 is 0 Å². The van der Waals surface area contributed by atoms with Crippen molar-refractivity contribution in [1.29, 1.82) is 0 Å². The molecule has 1 aromatic carbocycles. The van der Waals surface area contributed by atoms with Crippen LogP contribution in [0.5, 0.6) is 0 Å². The van der Waals surface area contributed by atoms with E-state index in [1.54, 1.807) is 0 Å². The van der Waals surface area contributed by atoms with E-state index >= 15 is 0 Å². The lowest BCUT2D eigenvalue weighted by Gasteiger charge is -2.33. The molecule has 3 heteroatoms. The van der Waals surface area contributed by atoms with Gasteiger partial charge in [0.2, 0.25) is 0 Å². The minimum Gasteiger partial charge on any atom is -0.392 e. The van der Waals surface area contributed by atoms with E-state index in [2.05, 4.69) is 36.1 Å². The van der Waals surface area contributed by atoms with Crippen molar-refractivity contribution < 1.29 is 5.11 Å². The molecule has 0 spiro atoms. The molecule has 3 N–H and O–H groups in total. The number of rotatable bonds is 4. The van der Waals surface area contributed by atoms with Gasteiger partial charge in [-0.25, -0.2) is 0 Å². The molecule has 0 amide bonds. The van der Waals surface area contributed by atoms with Gasteiger partial charge < -0.3 is 10.8 Å². The summed E-state index contributed by atoms with van der Waals surface area (Å²) in [5.41, 5.74) is 7.22. The Bertz CT molecular complexity index is 354. The van der Waals surface area contributed by atoms with Gasteiger partial charge >= 0.3 is 0 Å². The summed E-state index contributed by atoms with van der Waals surface area (Å²) in [6.07, 6.45) is 0.725. The van der Waals surface area contributed by atoms with Crippen LogP contribution in [0.2, 0.25) is 0 Å². The largest absolute Gasteiger partial charge is 0.392 e. The molecular formula is C14H22N2O. The number of aliphatic hydroxyl groups excluding tert-OH is 1. The number of aliphatic hydroxyl groups is 1. The zero-order chi connectivity index (χ0) is 12.3. The summed E-state index contributed by atoms with van der Waals surface area (Å²) < 4.78 is 0. The molecule has 0 saturated carbocycles. The van der Waals surface area contributed by atoms with E-state index in [1.165, 1.54) is 5.56 Å². The van der Waals surface area contributed by atoms with Gasteiger partial charge in [-0.2, -0.15) is 0 Å². The SMILES string of the molecule is CC(CN)(CN1CCC(O)C1)c1ccccc1. The number of nitrogens with zero attached hydrogens (tertiary/aromatic N) is 1. The molecule has 1 fully saturated rings. The molecular weight excluding hydrogens is 212 g/mol. The van der Waals surface area contributed by atoms with Crippen LogP contribution in [0, 0.1) is 0 Å². The highest BCUT2D eigenvalue weighted by atomic mass is 16.3. The lowest BCUT2D eigenvalue weighted by Crippen LogP contribution is -2.43. The Balaban J connectivity index is 2.09. The van der Waals surface area contributed by atoms with Gasteiger partial charge in [0.1, 0.15) is 0 Å². The van der Waals surface area contributed by atoms with E-state index in [-0.39, 0.29) is 11.5 Å². The smallest absolute Gasteiger partial charge is 0.0679 e. The topological polar surface area (TPSA) is 49.5 Å². The second-order valence-electron chi connectivity index (χ2n) is 5.31. The molecule has 94 valence electrons. The highest BCUT2D eigenvalue weighted by molar-refractivity contribution is 5.25. The van der Waals surface area contributed by atoms with Crippen LogP contribution >= 0.6 is 0 Å².